The number of hydrogen-bond donors (Lipinski definition) is 4. The van der Waals surface area contributed by atoms with E-state index < -0.39 is 47.6 Å². The molecule has 23 heavy (non-hydrogen) atoms. The van der Waals surface area contributed by atoms with Crippen LogP contribution < -0.4 is 138 Å². The molecule has 0 aliphatic heterocycles. The maximum atomic E-state index is 10.8. The Bertz CT molecular complexity index is 424. The molecule has 0 aliphatic carbocycles. The van der Waals surface area contributed by atoms with Crippen molar-refractivity contribution in [3.8, 4) is 0 Å². The van der Waals surface area contributed by atoms with Crippen molar-refractivity contribution >= 4 is 30.4 Å². The summed E-state index contributed by atoms with van der Waals surface area (Å²) in [6.45, 7) is 0. The molecule has 0 saturated carbocycles. The smallest absolute Gasteiger partial charge is 0.810 e. The molecule has 0 spiro atoms. The second-order valence-corrected chi connectivity index (χ2v) is 11.3. The second kappa shape index (κ2) is 13.8. The molecule has 0 aromatic heterocycles. The number of rotatable bonds is 6. The summed E-state index contributed by atoms with van der Waals surface area (Å²) in [5, 5.41) is -6.43. The first kappa shape index (κ1) is 38.2. The molecular weight excluding hydrogens is 444 g/mol. The van der Waals surface area contributed by atoms with Gasteiger partial charge in [0.25, 0.3) is 0 Å². The minimum absolute atomic E-state index is 0. The summed E-state index contributed by atoms with van der Waals surface area (Å²) in [6, 6.07) is 0. The van der Waals surface area contributed by atoms with Crippen molar-refractivity contribution in [2.45, 2.75) is 17.2 Å². The Morgan fingerprint density at radius 3 is 0.957 bits per heavy atom. The van der Waals surface area contributed by atoms with Crippen molar-refractivity contribution in [2.24, 2.45) is 0 Å². The van der Waals surface area contributed by atoms with Gasteiger partial charge in [0.05, 0.1) is 0 Å². The Kier molecular flexibility index (Phi) is 22.9. The van der Waals surface area contributed by atoms with Crippen molar-refractivity contribution in [1.82, 2.24) is 0 Å². The third-order valence-corrected chi connectivity index (χ3v) is 9.29. The van der Waals surface area contributed by atoms with Gasteiger partial charge < -0.3 is 48.3 Å². The maximum Gasteiger partial charge on any atom is 1.00 e. The van der Waals surface area contributed by atoms with E-state index in [0.717, 1.165) is 0 Å². The van der Waals surface area contributed by atoms with Gasteiger partial charge in [-0.05, 0) is 6.42 Å². The largest absolute Gasteiger partial charge is 1.00 e. The first-order valence-electron chi connectivity index (χ1n) is 4.11. The Balaban J connectivity index is -0.000000270. The Hall–Kier alpha value is 4.60. The normalized spacial score (nSPS) is 12.6. The predicted molar refractivity (Wildman–Crippen MR) is 51.5 cm³/mol. The van der Waals surface area contributed by atoms with Gasteiger partial charge in [0, 0.05) is 5.40 Å². The summed E-state index contributed by atoms with van der Waals surface area (Å²) in [6.07, 6.45) is -1.98. The summed E-state index contributed by atoms with van der Waals surface area (Å²) in [7, 11) is -23.6. The van der Waals surface area contributed by atoms with Crippen molar-refractivity contribution in [3.05, 3.63) is 0 Å². The van der Waals surface area contributed by atoms with Crippen LogP contribution in [0.4, 0.5) is 0 Å². The quantitative estimate of drug-likeness (QED) is 0.217. The summed E-state index contributed by atoms with van der Waals surface area (Å²) >= 11 is 0. The predicted octanol–water partition coefficient (Wildman–Crippen LogP) is -15.8. The molecule has 0 aliphatic rings. The summed E-state index contributed by atoms with van der Waals surface area (Å²) in [4.78, 5) is 76.7. The van der Waals surface area contributed by atoms with Crippen molar-refractivity contribution in [3.63, 3.8) is 0 Å². The Morgan fingerprint density at radius 2 is 0.826 bits per heavy atom. The van der Waals surface area contributed by atoms with Gasteiger partial charge in [0.2, 0.25) is 0 Å². The van der Waals surface area contributed by atoms with Crippen molar-refractivity contribution in [1.29, 1.82) is 0 Å². The van der Waals surface area contributed by atoms with Gasteiger partial charge in [0.1, 0.15) is 0 Å². The van der Waals surface area contributed by atoms with Crippen LogP contribution in [0.25, 0.3) is 0 Å². The molecular formula is C3H8Na4O12P4. The average Bonchev–Trinajstić information content (AvgIpc) is 1.91. The standard InChI is InChI=1S/C3H12O12P4.4Na/c4-16(5,6)2(17(7,8)9)1-3(18(10,11)12)19(13,14)15;;;;/h2-3H,1H2,(H2,4,5,6)(H2,7,8,9)(H2,10,11,12)(H2,13,14,15);;;;/q;4*+1/p-4. The molecule has 0 heterocycles. The van der Waals surface area contributed by atoms with Crippen LogP contribution in [0, 0.1) is 0 Å². The Morgan fingerprint density at radius 1 is 0.609 bits per heavy atom. The van der Waals surface area contributed by atoms with Gasteiger partial charge in [0.15, 0.2) is 5.40 Å². The van der Waals surface area contributed by atoms with Gasteiger partial charge in [-0.15, -0.1) is 0 Å². The molecule has 0 bridgehead atoms. The molecule has 12 nitrogen and oxygen atoms in total. The Labute approximate surface area is 219 Å². The topological polar surface area (TPSA) is 241 Å². The monoisotopic (exact) mass is 452 g/mol. The summed E-state index contributed by atoms with van der Waals surface area (Å²) < 4.78 is 42.7. The van der Waals surface area contributed by atoms with E-state index >= 15 is 0 Å². The first-order valence-corrected chi connectivity index (χ1v) is 10.7. The SMILES string of the molecule is O=P([O-])([O-])C(CC(P(=O)(O)O)P(=O)(O)O)P(=O)([O-])[O-].[Na+].[Na+].[Na+].[Na+]. The maximum absolute atomic E-state index is 10.8. The summed E-state index contributed by atoms with van der Waals surface area (Å²) in [5.41, 5.74) is 0. The molecule has 0 atom stereocenters. The average molecular weight is 452 g/mol. The van der Waals surface area contributed by atoms with Gasteiger partial charge in [-0.1, -0.05) is 15.2 Å². The van der Waals surface area contributed by atoms with Crippen LogP contribution >= 0.6 is 30.4 Å². The van der Waals surface area contributed by atoms with E-state index in [1.807, 2.05) is 0 Å². The third kappa shape index (κ3) is 15.1. The zero-order valence-corrected chi connectivity index (χ0v) is 24.3. The van der Waals surface area contributed by atoms with Gasteiger partial charge in [-0.2, -0.15) is 0 Å². The van der Waals surface area contributed by atoms with E-state index in [0.29, 0.717) is 0 Å². The van der Waals surface area contributed by atoms with Crippen LogP contribution in [0.5, 0.6) is 0 Å². The molecule has 0 aromatic carbocycles. The summed E-state index contributed by atoms with van der Waals surface area (Å²) in [5.74, 6) is 0. The van der Waals surface area contributed by atoms with E-state index in [1.54, 1.807) is 0 Å². The van der Waals surface area contributed by atoms with Gasteiger partial charge in [-0.3, -0.25) is 9.13 Å². The van der Waals surface area contributed by atoms with E-state index in [9.17, 15) is 37.8 Å². The van der Waals surface area contributed by atoms with Crippen LogP contribution in [0.1, 0.15) is 6.42 Å². The molecule has 0 fully saturated rings. The van der Waals surface area contributed by atoms with E-state index in [4.69, 9.17) is 19.6 Å². The van der Waals surface area contributed by atoms with Crippen molar-refractivity contribution in [2.75, 3.05) is 0 Å². The molecule has 4 N–H and O–H groups in total. The molecule has 0 radical (unpaired) electrons. The molecule has 0 saturated heterocycles. The number of hydrogen-bond acceptors (Lipinski definition) is 8. The van der Waals surface area contributed by atoms with Crippen LogP contribution in [0.2, 0.25) is 0 Å². The van der Waals surface area contributed by atoms with Crippen LogP contribution in [-0.2, 0) is 18.3 Å². The zero-order chi connectivity index (χ0) is 15.9. The van der Waals surface area contributed by atoms with Crippen LogP contribution in [0.15, 0.2) is 0 Å². The zero-order valence-electron chi connectivity index (χ0n) is 12.7. The fraction of sp³-hybridized carbons (Fsp3) is 1.00. The molecule has 116 valence electrons. The van der Waals surface area contributed by atoms with Crippen LogP contribution in [-0.4, -0.2) is 30.4 Å². The van der Waals surface area contributed by atoms with Crippen LogP contribution in [0.3, 0.4) is 0 Å². The minimum Gasteiger partial charge on any atom is -0.810 e. The van der Waals surface area contributed by atoms with Gasteiger partial charge >= 0.3 is 133 Å². The van der Waals surface area contributed by atoms with E-state index in [-0.39, 0.29) is 118 Å². The third-order valence-electron chi connectivity index (χ3n) is 1.93. The molecule has 0 amide bonds. The van der Waals surface area contributed by atoms with Crippen molar-refractivity contribution < 1.29 is 176 Å². The fourth-order valence-corrected chi connectivity index (χ4v) is 6.62. The molecule has 20 heteroatoms. The first-order chi connectivity index (χ1) is 7.97. The second-order valence-electron chi connectivity index (χ2n) is 3.45. The molecule has 0 rings (SSSR count). The van der Waals surface area contributed by atoms with Gasteiger partial charge in [-0.25, -0.2) is 0 Å². The fourth-order valence-electron chi connectivity index (χ4n) is 1.09. The molecule has 0 unspecified atom stereocenters. The minimum atomic E-state index is -6.17. The van der Waals surface area contributed by atoms with E-state index in [1.165, 1.54) is 0 Å². The molecule has 0 aromatic rings. The van der Waals surface area contributed by atoms with E-state index in [2.05, 4.69) is 0 Å².